The molecule has 0 saturated carbocycles. The second-order valence-electron chi connectivity index (χ2n) is 6.71. The number of carbonyl (C=O) groups excluding carboxylic acids is 1. The fraction of sp³-hybridized carbons (Fsp3) is 0.706. The van der Waals surface area contributed by atoms with Gasteiger partial charge in [-0.1, -0.05) is 6.92 Å². The molecule has 3 heterocycles. The van der Waals surface area contributed by atoms with Gasteiger partial charge in [0.2, 0.25) is 5.91 Å². The number of ether oxygens (including phenoxy) is 1. The van der Waals surface area contributed by atoms with Crippen LogP contribution in [0.4, 0.5) is 0 Å². The van der Waals surface area contributed by atoms with Crippen LogP contribution in [-0.4, -0.2) is 47.8 Å². The third kappa shape index (κ3) is 3.18. The van der Waals surface area contributed by atoms with Gasteiger partial charge in [-0.15, -0.1) is 11.3 Å². The van der Waals surface area contributed by atoms with Crippen molar-refractivity contribution >= 4 is 17.2 Å². The first kappa shape index (κ1) is 16.9. The molecule has 2 aliphatic heterocycles. The summed E-state index contributed by atoms with van der Waals surface area (Å²) in [4.78, 5) is 16.1. The highest BCUT2D eigenvalue weighted by Crippen LogP contribution is 2.46. The van der Waals surface area contributed by atoms with Gasteiger partial charge in [0.15, 0.2) is 0 Å². The largest absolute Gasteiger partial charge is 0.382 e. The maximum absolute atomic E-state index is 11.1. The fourth-order valence-electron chi connectivity index (χ4n) is 3.86. The molecular weight excluding hydrogens is 312 g/mol. The average Bonchev–Trinajstić information content (AvgIpc) is 2.95. The van der Waals surface area contributed by atoms with E-state index in [0.717, 1.165) is 38.8 Å². The summed E-state index contributed by atoms with van der Waals surface area (Å²) in [6.07, 6.45) is 2.78. The van der Waals surface area contributed by atoms with Crippen molar-refractivity contribution in [1.29, 1.82) is 0 Å². The van der Waals surface area contributed by atoms with Gasteiger partial charge >= 0.3 is 0 Å². The van der Waals surface area contributed by atoms with Crippen molar-refractivity contribution in [2.75, 3.05) is 19.7 Å². The van der Waals surface area contributed by atoms with E-state index in [1.165, 1.54) is 15.3 Å². The maximum Gasteiger partial charge on any atom is 0.247 e. The Morgan fingerprint density at radius 3 is 3.09 bits per heavy atom. The lowest BCUT2D eigenvalue weighted by atomic mass is 9.79. The number of rotatable bonds is 4. The highest BCUT2D eigenvalue weighted by Gasteiger charge is 2.44. The second kappa shape index (κ2) is 6.51. The maximum atomic E-state index is 11.1. The van der Waals surface area contributed by atoms with Gasteiger partial charge in [-0.3, -0.25) is 9.69 Å². The average molecular weight is 338 g/mol. The molecule has 3 atom stereocenters. The number of primary amides is 1. The molecule has 1 amide bonds. The Balaban J connectivity index is 1.77. The minimum absolute atomic E-state index is 0.189. The molecule has 0 radical (unpaired) electrons. The number of thiophene rings is 1. The van der Waals surface area contributed by atoms with Gasteiger partial charge in [-0.25, -0.2) is 0 Å². The van der Waals surface area contributed by atoms with Crippen molar-refractivity contribution in [2.24, 2.45) is 5.73 Å². The Morgan fingerprint density at radius 1 is 1.65 bits per heavy atom. The van der Waals surface area contributed by atoms with E-state index in [9.17, 15) is 9.90 Å². The van der Waals surface area contributed by atoms with E-state index in [-0.39, 0.29) is 11.6 Å². The molecule has 1 fully saturated rings. The van der Waals surface area contributed by atoms with E-state index >= 15 is 0 Å². The molecule has 1 saturated heterocycles. The molecule has 1 unspecified atom stereocenters. The number of β-amino-alcohol motifs (C(OH)–C–C–N with tert-alkyl or cyclic N) is 1. The highest BCUT2D eigenvalue weighted by atomic mass is 32.1. The number of piperidine rings is 1. The lowest BCUT2D eigenvalue weighted by Crippen LogP contribution is -2.53. The van der Waals surface area contributed by atoms with Crippen LogP contribution in [0.25, 0.3) is 0 Å². The molecule has 0 aliphatic carbocycles. The summed E-state index contributed by atoms with van der Waals surface area (Å²) in [6.45, 7) is 6.24. The Labute approximate surface area is 141 Å². The van der Waals surface area contributed by atoms with E-state index in [0.29, 0.717) is 6.54 Å². The van der Waals surface area contributed by atoms with Crippen LogP contribution in [0.3, 0.4) is 0 Å². The van der Waals surface area contributed by atoms with Crippen LogP contribution in [-0.2, 0) is 28.0 Å². The van der Waals surface area contributed by atoms with Crippen LogP contribution < -0.4 is 5.73 Å². The molecule has 3 rings (SSSR count). The van der Waals surface area contributed by atoms with Crippen molar-refractivity contribution < 1.29 is 14.6 Å². The number of likely N-dealkylation sites (tertiary alicyclic amines) is 1. The van der Waals surface area contributed by atoms with Gasteiger partial charge in [0.05, 0.1) is 12.2 Å². The predicted octanol–water partition coefficient (Wildman–Crippen LogP) is 1.41. The zero-order valence-electron chi connectivity index (χ0n) is 13.9. The summed E-state index contributed by atoms with van der Waals surface area (Å²) in [5.74, 6) is -0.654. The summed E-state index contributed by atoms with van der Waals surface area (Å²) in [5.41, 5.74) is 6.37. The van der Waals surface area contributed by atoms with Crippen molar-refractivity contribution in [3.63, 3.8) is 0 Å². The smallest absolute Gasteiger partial charge is 0.247 e. The van der Waals surface area contributed by atoms with Crippen LogP contribution >= 0.6 is 11.3 Å². The lowest BCUT2D eigenvalue weighted by Gasteiger charge is -2.47. The van der Waals surface area contributed by atoms with Crippen molar-refractivity contribution in [2.45, 2.75) is 57.3 Å². The predicted molar refractivity (Wildman–Crippen MR) is 90.5 cm³/mol. The Bertz CT molecular complexity index is 588. The van der Waals surface area contributed by atoms with Crippen LogP contribution in [0.15, 0.2) is 6.07 Å². The number of hydrogen-bond donors (Lipinski definition) is 2. The first-order chi connectivity index (χ1) is 10.9. The van der Waals surface area contributed by atoms with E-state index < -0.39 is 12.0 Å². The number of carbonyl (C=O) groups is 1. The highest BCUT2D eigenvalue weighted by molar-refractivity contribution is 7.12. The minimum atomic E-state index is -1.10. The van der Waals surface area contributed by atoms with Crippen LogP contribution in [0.2, 0.25) is 0 Å². The van der Waals surface area contributed by atoms with Gasteiger partial charge in [0, 0.05) is 35.3 Å². The standard InChI is InChI=1S/C17H26N2O3S/c1-3-12-8-13-15(23-12)4-7-22-17(13)5-6-19(11(2)9-17)10-14(20)16(18)21/h8,11,14,20H,3-7,9-10H2,1-2H3,(H2,18,21)/t11-,14?,17+/m0/s1. The van der Waals surface area contributed by atoms with E-state index in [2.05, 4.69) is 24.8 Å². The number of aliphatic hydroxyl groups is 1. The van der Waals surface area contributed by atoms with Gasteiger partial charge in [-0.05, 0) is 37.8 Å². The van der Waals surface area contributed by atoms with Gasteiger partial charge < -0.3 is 15.6 Å². The molecule has 5 nitrogen and oxygen atoms in total. The van der Waals surface area contributed by atoms with Crippen LogP contribution in [0.5, 0.6) is 0 Å². The van der Waals surface area contributed by atoms with Gasteiger partial charge in [0.25, 0.3) is 0 Å². The zero-order valence-corrected chi connectivity index (χ0v) is 14.7. The summed E-state index contributed by atoms with van der Waals surface area (Å²) in [6, 6.07) is 2.58. The molecule has 6 heteroatoms. The summed E-state index contributed by atoms with van der Waals surface area (Å²) < 4.78 is 6.29. The number of aryl methyl sites for hydroxylation is 1. The van der Waals surface area contributed by atoms with E-state index in [4.69, 9.17) is 10.5 Å². The Kier molecular flexibility index (Phi) is 4.78. The lowest BCUT2D eigenvalue weighted by molar-refractivity contribution is -0.131. The number of fused-ring (bicyclic) bond motifs is 2. The van der Waals surface area contributed by atoms with Gasteiger partial charge in [-0.2, -0.15) is 0 Å². The van der Waals surface area contributed by atoms with E-state index in [1.54, 1.807) is 0 Å². The van der Waals surface area contributed by atoms with Crippen LogP contribution in [0.1, 0.15) is 42.0 Å². The number of hydrogen-bond acceptors (Lipinski definition) is 5. The fourth-order valence-corrected chi connectivity index (χ4v) is 5.04. The van der Waals surface area contributed by atoms with Gasteiger partial charge in [0.1, 0.15) is 6.10 Å². The number of amides is 1. The molecular formula is C17H26N2O3S. The molecule has 128 valence electrons. The van der Waals surface area contributed by atoms with Crippen molar-refractivity contribution in [3.05, 3.63) is 21.4 Å². The summed E-state index contributed by atoms with van der Waals surface area (Å²) in [5, 5.41) is 9.75. The first-order valence-corrected chi connectivity index (χ1v) is 9.24. The molecule has 0 bridgehead atoms. The number of nitrogens with zero attached hydrogens (tertiary/aromatic N) is 1. The third-order valence-corrected chi connectivity index (χ3v) is 6.53. The molecule has 1 spiro atoms. The van der Waals surface area contributed by atoms with Crippen molar-refractivity contribution in [3.8, 4) is 0 Å². The zero-order chi connectivity index (χ0) is 16.6. The van der Waals surface area contributed by atoms with E-state index in [1.807, 2.05) is 11.3 Å². The minimum Gasteiger partial charge on any atom is -0.382 e. The molecule has 23 heavy (non-hydrogen) atoms. The Hall–Kier alpha value is -0.950. The quantitative estimate of drug-likeness (QED) is 0.870. The molecule has 1 aromatic heterocycles. The molecule has 0 aromatic carbocycles. The number of aliphatic hydroxyl groups excluding tert-OH is 1. The summed E-state index contributed by atoms with van der Waals surface area (Å²) >= 11 is 1.92. The third-order valence-electron chi connectivity index (χ3n) is 5.19. The second-order valence-corrected chi connectivity index (χ2v) is 7.93. The topological polar surface area (TPSA) is 75.8 Å². The van der Waals surface area contributed by atoms with Crippen LogP contribution in [0, 0.1) is 0 Å². The molecule has 1 aromatic rings. The van der Waals surface area contributed by atoms with Crippen molar-refractivity contribution in [1.82, 2.24) is 4.90 Å². The normalized spacial score (nSPS) is 29.4. The number of nitrogens with two attached hydrogens (primary N) is 1. The summed E-state index contributed by atoms with van der Waals surface area (Å²) in [7, 11) is 0. The monoisotopic (exact) mass is 338 g/mol. The molecule has 2 aliphatic rings. The SMILES string of the molecule is CCc1cc2c(s1)CCO[C@@]21CCN(CC(O)C(N)=O)[C@@H](C)C1. The first-order valence-electron chi connectivity index (χ1n) is 8.42. The Morgan fingerprint density at radius 2 is 2.43 bits per heavy atom. The molecule has 3 N–H and O–H groups in total.